The molecule has 0 saturated heterocycles. The van der Waals surface area contributed by atoms with Crippen molar-refractivity contribution in [1.29, 1.82) is 0 Å². The molecule has 1 heterocycles. The van der Waals surface area contributed by atoms with E-state index < -0.39 is 17.6 Å². The lowest BCUT2D eigenvalue weighted by atomic mass is 10.0. The standard InChI is InChI=1S/C17H13F4N3/c1-10-15(11-3-2-4-12(9-11)17(19,20)21)16(22)24(23-10)14-7-5-13(18)6-8-14/h2-9H,22H2,1H3. The first-order chi connectivity index (χ1) is 11.3. The minimum absolute atomic E-state index is 0.193. The number of alkyl halides is 3. The van der Waals surface area contributed by atoms with Gasteiger partial charge in [0, 0.05) is 5.56 Å². The zero-order valence-electron chi connectivity index (χ0n) is 12.6. The van der Waals surface area contributed by atoms with Gasteiger partial charge in [-0.25, -0.2) is 9.07 Å². The molecule has 0 atom stereocenters. The van der Waals surface area contributed by atoms with E-state index in [9.17, 15) is 17.6 Å². The Bertz CT molecular complexity index is 880. The number of nitrogens with two attached hydrogens (primary N) is 1. The molecule has 0 bridgehead atoms. The lowest BCUT2D eigenvalue weighted by molar-refractivity contribution is -0.137. The van der Waals surface area contributed by atoms with E-state index in [1.807, 2.05) is 0 Å². The lowest BCUT2D eigenvalue weighted by Crippen LogP contribution is -2.05. The Labute approximate surface area is 135 Å². The molecule has 1 aromatic heterocycles. The van der Waals surface area contributed by atoms with Gasteiger partial charge in [0.05, 0.1) is 16.9 Å². The zero-order chi connectivity index (χ0) is 17.5. The topological polar surface area (TPSA) is 43.8 Å². The fraction of sp³-hybridized carbons (Fsp3) is 0.118. The fourth-order valence-electron chi connectivity index (χ4n) is 2.53. The van der Waals surface area contributed by atoms with Crippen LogP contribution >= 0.6 is 0 Å². The average Bonchev–Trinajstić information content (AvgIpc) is 2.82. The van der Waals surface area contributed by atoms with E-state index in [1.54, 1.807) is 13.0 Å². The third-order valence-electron chi connectivity index (χ3n) is 3.65. The van der Waals surface area contributed by atoms with Crippen LogP contribution in [0.3, 0.4) is 0 Å². The number of hydrogen-bond acceptors (Lipinski definition) is 2. The van der Waals surface area contributed by atoms with Crippen molar-refractivity contribution in [3.63, 3.8) is 0 Å². The molecule has 3 nitrogen and oxygen atoms in total. The summed E-state index contributed by atoms with van der Waals surface area (Å²) < 4.78 is 53.1. The van der Waals surface area contributed by atoms with Crippen molar-refractivity contribution in [2.45, 2.75) is 13.1 Å². The average molecular weight is 335 g/mol. The van der Waals surface area contributed by atoms with E-state index in [0.717, 1.165) is 12.1 Å². The van der Waals surface area contributed by atoms with Crippen molar-refractivity contribution in [2.75, 3.05) is 5.73 Å². The molecule has 0 radical (unpaired) electrons. The van der Waals surface area contributed by atoms with Crippen molar-refractivity contribution in [1.82, 2.24) is 9.78 Å². The number of aryl methyl sites for hydroxylation is 1. The lowest BCUT2D eigenvalue weighted by Gasteiger charge is -2.09. The van der Waals surface area contributed by atoms with Gasteiger partial charge < -0.3 is 5.73 Å². The quantitative estimate of drug-likeness (QED) is 0.696. The summed E-state index contributed by atoms with van der Waals surface area (Å²) in [5, 5.41) is 4.27. The first kappa shape index (κ1) is 16.0. The second-order valence-electron chi connectivity index (χ2n) is 5.31. The Balaban J connectivity index is 2.12. The molecule has 0 unspecified atom stereocenters. The Morgan fingerprint density at radius 3 is 2.33 bits per heavy atom. The van der Waals surface area contributed by atoms with Gasteiger partial charge in [-0.3, -0.25) is 0 Å². The van der Waals surface area contributed by atoms with Crippen LogP contribution in [0.25, 0.3) is 16.8 Å². The monoisotopic (exact) mass is 335 g/mol. The van der Waals surface area contributed by atoms with Gasteiger partial charge in [-0.1, -0.05) is 12.1 Å². The predicted octanol–water partition coefficient (Wildman–Crippen LogP) is 4.59. The summed E-state index contributed by atoms with van der Waals surface area (Å²) in [5.74, 6) is -0.210. The van der Waals surface area contributed by atoms with Gasteiger partial charge in [0.2, 0.25) is 0 Å². The normalized spacial score (nSPS) is 11.7. The summed E-state index contributed by atoms with van der Waals surface area (Å²) in [6, 6.07) is 10.4. The molecule has 24 heavy (non-hydrogen) atoms. The summed E-state index contributed by atoms with van der Waals surface area (Å²) in [5.41, 5.74) is 7.09. The highest BCUT2D eigenvalue weighted by atomic mass is 19.4. The van der Waals surface area contributed by atoms with Crippen LogP contribution in [0.15, 0.2) is 48.5 Å². The van der Waals surface area contributed by atoms with Crippen LogP contribution < -0.4 is 5.73 Å². The molecular weight excluding hydrogens is 322 g/mol. The van der Waals surface area contributed by atoms with Gasteiger partial charge >= 0.3 is 6.18 Å². The molecule has 0 aliphatic rings. The summed E-state index contributed by atoms with van der Waals surface area (Å²) in [6.07, 6.45) is -4.44. The molecule has 0 aliphatic heterocycles. The fourth-order valence-corrected chi connectivity index (χ4v) is 2.53. The maximum Gasteiger partial charge on any atom is 0.416 e. The van der Waals surface area contributed by atoms with Crippen molar-refractivity contribution in [3.8, 4) is 16.8 Å². The van der Waals surface area contributed by atoms with Crippen molar-refractivity contribution in [3.05, 3.63) is 65.6 Å². The first-order valence-electron chi connectivity index (χ1n) is 7.06. The number of anilines is 1. The van der Waals surface area contributed by atoms with Gasteiger partial charge in [-0.15, -0.1) is 0 Å². The highest BCUT2D eigenvalue weighted by molar-refractivity contribution is 5.78. The Morgan fingerprint density at radius 2 is 1.71 bits per heavy atom. The van der Waals surface area contributed by atoms with Crippen LogP contribution in [0.5, 0.6) is 0 Å². The van der Waals surface area contributed by atoms with Gasteiger partial charge in [0.25, 0.3) is 0 Å². The van der Waals surface area contributed by atoms with E-state index in [1.165, 1.54) is 35.0 Å². The maximum atomic E-state index is 13.0. The Morgan fingerprint density at radius 1 is 1.04 bits per heavy atom. The molecule has 2 N–H and O–H groups in total. The number of hydrogen-bond donors (Lipinski definition) is 1. The Hall–Kier alpha value is -2.83. The number of benzene rings is 2. The molecule has 0 aliphatic carbocycles. The third kappa shape index (κ3) is 2.84. The molecule has 2 aromatic carbocycles. The number of rotatable bonds is 2. The molecule has 0 fully saturated rings. The molecular formula is C17H13F4N3. The molecule has 0 amide bonds. The number of halogens is 4. The van der Waals surface area contributed by atoms with Crippen LogP contribution in [-0.4, -0.2) is 9.78 Å². The van der Waals surface area contributed by atoms with Crippen LogP contribution in [-0.2, 0) is 6.18 Å². The van der Waals surface area contributed by atoms with Gasteiger partial charge in [0.15, 0.2) is 0 Å². The minimum Gasteiger partial charge on any atom is -0.383 e. The summed E-state index contributed by atoms with van der Waals surface area (Å²) in [6.45, 7) is 1.66. The molecule has 3 rings (SSSR count). The van der Waals surface area contributed by atoms with Crippen molar-refractivity contribution < 1.29 is 17.6 Å². The van der Waals surface area contributed by atoms with Crippen LogP contribution in [0.2, 0.25) is 0 Å². The second kappa shape index (κ2) is 5.67. The molecule has 124 valence electrons. The summed E-state index contributed by atoms with van der Waals surface area (Å²) in [4.78, 5) is 0. The second-order valence-corrected chi connectivity index (χ2v) is 5.31. The summed E-state index contributed by atoms with van der Waals surface area (Å²) in [7, 11) is 0. The Kier molecular flexibility index (Phi) is 3.79. The molecule has 3 aromatic rings. The molecule has 0 spiro atoms. The van der Waals surface area contributed by atoms with Gasteiger partial charge in [0.1, 0.15) is 11.6 Å². The highest BCUT2D eigenvalue weighted by Crippen LogP contribution is 2.35. The molecule has 0 saturated carbocycles. The largest absolute Gasteiger partial charge is 0.416 e. The first-order valence-corrected chi connectivity index (χ1v) is 7.06. The van der Waals surface area contributed by atoms with E-state index >= 15 is 0 Å². The summed E-state index contributed by atoms with van der Waals surface area (Å²) >= 11 is 0. The van der Waals surface area contributed by atoms with Crippen LogP contribution in [0, 0.1) is 12.7 Å². The van der Waals surface area contributed by atoms with Gasteiger partial charge in [-0.05, 0) is 48.9 Å². The third-order valence-corrected chi connectivity index (χ3v) is 3.65. The van der Waals surface area contributed by atoms with E-state index in [-0.39, 0.29) is 5.82 Å². The van der Waals surface area contributed by atoms with Crippen LogP contribution in [0.4, 0.5) is 23.4 Å². The number of aromatic nitrogens is 2. The number of nitrogen functional groups attached to an aromatic ring is 1. The minimum atomic E-state index is -4.44. The SMILES string of the molecule is Cc1nn(-c2ccc(F)cc2)c(N)c1-c1cccc(C(F)(F)F)c1. The number of nitrogens with zero attached hydrogens (tertiary/aromatic N) is 2. The van der Waals surface area contributed by atoms with E-state index in [2.05, 4.69) is 5.10 Å². The smallest absolute Gasteiger partial charge is 0.383 e. The highest BCUT2D eigenvalue weighted by Gasteiger charge is 2.31. The van der Waals surface area contributed by atoms with Crippen LogP contribution in [0.1, 0.15) is 11.3 Å². The predicted molar refractivity (Wildman–Crippen MR) is 83.1 cm³/mol. The zero-order valence-corrected chi connectivity index (χ0v) is 12.6. The van der Waals surface area contributed by atoms with E-state index in [4.69, 9.17) is 5.73 Å². The van der Waals surface area contributed by atoms with Crippen molar-refractivity contribution >= 4 is 5.82 Å². The van der Waals surface area contributed by atoms with Crippen molar-refractivity contribution in [2.24, 2.45) is 0 Å². The van der Waals surface area contributed by atoms with E-state index in [0.29, 0.717) is 22.5 Å². The maximum absolute atomic E-state index is 13.0. The molecule has 7 heteroatoms. The van der Waals surface area contributed by atoms with Gasteiger partial charge in [-0.2, -0.15) is 18.3 Å².